The van der Waals surface area contributed by atoms with E-state index in [1.165, 1.54) is 4.90 Å². The second kappa shape index (κ2) is 19.0. The molecule has 2 amide bonds. The Morgan fingerprint density at radius 3 is 2.32 bits per heavy atom. The average Bonchev–Trinajstić information content (AvgIpc) is 4.01. The molecule has 0 spiro atoms. The molecule has 0 radical (unpaired) electrons. The van der Waals surface area contributed by atoms with Gasteiger partial charge in [0.05, 0.1) is 65.5 Å². The first-order valence-corrected chi connectivity index (χ1v) is 21.1. The zero-order valence-electron chi connectivity index (χ0n) is 30.4. The van der Waals surface area contributed by atoms with Crippen LogP contribution < -0.4 is 4.74 Å². The van der Waals surface area contributed by atoms with E-state index in [4.69, 9.17) is 59.4 Å². The lowest BCUT2D eigenvalue weighted by atomic mass is 9.84. The first-order chi connectivity index (χ1) is 27.2. The lowest BCUT2D eigenvalue weighted by molar-refractivity contribution is -0.493. The molecule has 6 rings (SSSR count). The number of fused-ring (bicyclic) bond motifs is 2. The standard InChI is InChI=1S/C38H40Cl3F2N3O10S/c39-29-5-1-4-25(34(29)40)20-44(26-10-11-26)37(47)33-28(24-8-6-23(7-9-24)3-2-14-54-36-31(43)13-12-30(42)35(36)41)19-27-21-57(51,52)22-32(33)45(27)38(48)55-17-15-53-16-18-56-46(49)50/h1,4-9,12-13,26-27,32,49-50H,2-3,10-11,14-22H2. The first kappa shape index (κ1) is 43.0. The third-order valence-electron chi connectivity index (χ3n) is 9.80. The minimum absolute atomic E-state index is 0.0438. The number of hydrogen-bond donors (Lipinski definition) is 2. The number of carbonyl (C=O) groups is 2. The number of sulfone groups is 1. The summed E-state index contributed by atoms with van der Waals surface area (Å²) in [6.45, 7) is -0.336. The molecule has 2 unspecified atom stereocenters. The van der Waals surface area contributed by atoms with Crippen LogP contribution in [0.15, 0.2) is 60.2 Å². The first-order valence-electron chi connectivity index (χ1n) is 18.1. The summed E-state index contributed by atoms with van der Waals surface area (Å²) in [4.78, 5) is 36.1. The largest absolute Gasteiger partial charge is 0.489 e. The van der Waals surface area contributed by atoms with Crippen LogP contribution in [0.3, 0.4) is 0 Å². The van der Waals surface area contributed by atoms with Crippen LogP contribution in [0.1, 0.15) is 42.4 Å². The molecule has 2 N–H and O–H groups in total. The second-order valence-corrected chi connectivity index (χ2v) is 17.1. The van der Waals surface area contributed by atoms with Gasteiger partial charge in [0.25, 0.3) is 5.91 Å². The molecule has 2 heterocycles. The van der Waals surface area contributed by atoms with Crippen molar-refractivity contribution in [3.8, 4) is 5.75 Å². The van der Waals surface area contributed by atoms with E-state index in [1.54, 1.807) is 23.1 Å². The van der Waals surface area contributed by atoms with Crippen LogP contribution in [-0.4, -0.2) is 109 Å². The van der Waals surface area contributed by atoms with Gasteiger partial charge in [0.1, 0.15) is 17.4 Å². The Labute approximate surface area is 343 Å². The Hall–Kier alpha value is -3.58. The topological polar surface area (TPSA) is 155 Å². The zero-order valence-corrected chi connectivity index (χ0v) is 33.5. The predicted octanol–water partition coefficient (Wildman–Crippen LogP) is 6.92. The van der Waals surface area contributed by atoms with Crippen LogP contribution in [0.25, 0.3) is 5.57 Å². The van der Waals surface area contributed by atoms with Gasteiger partial charge >= 0.3 is 6.09 Å². The summed E-state index contributed by atoms with van der Waals surface area (Å²) in [5, 5.41) is 17.0. The van der Waals surface area contributed by atoms with Crippen LogP contribution >= 0.6 is 34.8 Å². The zero-order chi connectivity index (χ0) is 40.9. The summed E-state index contributed by atoms with van der Waals surface area (Å²) in [5.41, 5.74) is 2.94. The fraction of sp³-hybridized carbons (Fsp3) is 0.421. The summed E-state index contributed by atoms with van der Waals surface area (Å²) in [6.07, 6.45) is 1.63. The fourth-order valence-electron chi connectivity index (χ4n) is 7.03. The number of rotatable bonds is 17. The van der Waals surface area contributed by atoms with Gasteiger partial charge in [-0.3, -0.25) is 20.1 Å². The number of aryl methyl sites for hydroxylation is 1. The Balaban J connectivity index is 1.27. The van der Waals surface area contributed by atoms with Gasteiger partial charge in [0.2, 0.25) is 0 Å². The Kier molecular flexibility index (Phi) is 14.3. The molecule has 2 atom stereocenters. The summed E-state index contributed by atoms with van der Waals surface area (Å²) in [6, 6.07) is 12.2. The van der Waals surface area contributed by atoms with Gasteiger partial charge in [-0.15, -0.1) is 0 Å². The molecule has 3 aromatic rings. The molecule has 1 saturated heterocycles. The SMILES string of the molecule is O=C(C1=C(c2ccc(CCCOc3c(F)ccc(F)c3Cl)cc2)CC2CS(=O)(=O)CC1N2C(=O)OCCOCCON(O)O)N(Cc1cccc(Cl)c1Cl)C1CC1. The number of nitrogens with zero attached hydrogens (tertiary/aromatic N) is 3. The summed E-state index contributed by atoms with van der Waals surface area (Å²) in [5.74, 6) is -3.18. The number of hydrogen-bond acceptors (Lipinski definition) is 11. The molecule has 13 nitrogen and oxygen atoms in total. The molecule has 1 saturated carbocycles. The van der Waals surface area contributed by atoms with Gasteiger partial charge in [0.15, 0.2) is 21.4 Å². The highest BCUT2D eigenvalue weighted by atomic mass is 35.5. The van der Waals surface area contributed by atoms with E-state index in [9.17, 15) is 26.8 Å². The number of halogens is 5. The Morgan fingerprint density at radius 1 is 0.877 bits per heavy atom. The van der Waals surface area contributed by atoms with Crippen molar-refractivity contribution >= 4 is 62.2 Å². The van der Waals surface area contributed by atoms with Crippen molar-refractivity contribution in [2.24, 2.45) is 0 Å². The molecular weight excluding hydrogens is 835 g/mol. The van der Waals surface area contributed by atoms with E-state index in [0.717, 1.165) is 30.5 Å². The van der Waals surface area contributed by atoms with Crippen LogP contribution in [0, 0.1) is 11.6 Å². The van der Waals surface area contributed by atoms with Crippen LogP contribution in [0.5, 0.6) is 5.75 Å². The minimum atomic E-state index is -3.71. The van der Waals surface area contributed by atoms with Gasteiger partial charge in [-0.05, 0) is 72.6 Å². The van der Waals surface area contributed by atoms with Crippen molar-refractivity contribution in [1.29, 1.82) is 0 Å². The highest BCUT2D eigenvalue weighted by Gasteiger charge is 2.51. The number of amides is 2. The van der Waals surface area contributed by atoms with Crippen molar-refractivity contribution in [3.05, 3.63) is 104 Å². The molecule has 3 aliphatic rings. The second-order valence-electron chi connectivity index (χ2n) is 13.8. The monoisotopic (exact) mass is 873 g/mol. The average molecular weight is 875 g/mol. The van der Waals surface area contributed by atoms with E-state index < -0.39 is 61.7 Å². The van der Waals surface area contributed by atoms with Gasteiger partial charge in [0, 0.05) is 18.2 Å². The third kappa shape index (κ3) is 10.7. The third-order valence-corrected chi connectivity index (χ3v) is 12.7. The molecule has 3 aromatic carbocycles. The van der Waals surface area contributed by atoms with E-state index in [-0.39, 0.29) is 69.1 Å². The van der Waals surface area contributed by atoms with Crippen molar-refractivity contribution in [3.63, 3.8) is 0 Å². The number of benzene rings is 3. The predicted molar refractivity (Wildman–Crippen MR) is 205 cm³/mol. The van der Waals surface area contributed by atoms with Crippen molar-refractivity contribution in [1.82, 2.24) is 15.2 Å². The maximum absolute atomic E-state index is 15.0. The number of ether oxygens (including phenoxy) is 3. The van der Waals surface area contributed by atoms with Crippen LogP contribution in [0.4, 0.5) is 13.6 Å². The highest BCUT2D eigenvalue weighted by molar-refractivity contribution is 7.91. The summed E-state index contributed by atoms with van der Waals surface area (Å²) < 4.78 is 71.0. The lowest BCUT2D eigenvalue weighted by Crippen LogP contribution is -2.61. The summed E-state index contributed by atoms with van der Waals surface area (Å²) in [7, 11) is -3.71. The van der Waals surface area contributed by atoms with Crippen molar-refractivity contribution in [2.75, 3.05) is 44.5 Å². The fourth-order valence-corrected chi connectivity index (χ4v) is 9.43. The maximum atomic E-state index is 15.0. The number of carbonyl (C=O) groups excluding carboxylic acids is 2. The van der Waals surface area contributed by atoms with Crippen molar-refractivity contribution in [2.45, 2.75) is 56.8 Å². The molecule has 57 heavy (non-hydrogen) atoms. The highest BCUT2D eigenvalue weighted by Crippen LogP contribution is 2.42. The van der Waals surface area contributed by atoms with Crippen LogP contribution in [0.2, 0.25) is 15.1 Å². The Bertz CT molecular complexity index is 2090. The molecule has 2 fully saturated rings. The molecule has 0 aromatic heterocycles. The van der Waals surface area contributed by atoms with Crippen LogP contribution in [-0.2, 0) is 41.9 Å². The van der Waals surface area contributed by atoms with E-state index in [1.807, 2.05) is 24.3 Å². The normalized spacial score (nSPS) is 18.8. The molecule has 2 aliphatic heterocycles. The van der Waals surface area contributed by atoms with Crippen molar-refractivity contribution < 1.29 is 56.3 Å². The van der Waals surface area contributed by atoms with E-state index >= 15 is 0 Å². The Morgan fingerprint density at radius 2 is 1.60 bits per heavy atom. The van der Waals surface area contributed by atoms with Gasteiger partial charge in [-0.1, -0.05) is 71.2 Å². The molecule has 1 aliphatic carbocycles. The molecule has 19 heteroatoms. The molecular formula is C38H40Cl3F2N3O10S. The van der Waals surface area contributed by atoms with E-state index in [0.29, 0.717) is 39.6 Å². The van der Waals surface area contributed by atoms with Gasteiger partial charge < -0.3 is 19.1 Å². The minimum Gasteiger partial charge on any atom is -0.489 e. The molecule has 308 valence electrons. The quantitative estimate of drug-likeness (QED) is 0.0826. The van der Waals surface area contributed by atoms with E-state index in [2.05, 4.69) is 4.84 Å². The smallest absolute Gasteiger partial charge is 0.410 e. The van der Waals surface area contributed by atoms with Gasteiger partial charge in [-0.25, -0.2) is 26.8 Å². The van der Waals surface area contributed by atoms with Gasteiger partial charge in [-0.2, -0.15) is 0 Å². The maximum Gasteiger partial charge on any atom is 0.410 e. The lowest BCUT2D eigenvalue weighted by Gasteiger charge is -2.47. The molecule has 2 bridgehead atoms. The summed E-state index contributed by atoms with van der Waals surface area (Å²) >= 11 is 18.8.